The number of nitrogens with zero attached hydrogens (tertiary/aromatic N) is 1. The lowest BCUT2D eigenvalue weighted by Crippen LogP contribution is -2.87. The number of benzene rings is 2. The minimum atomic E-state index is -0.637. The molecule has 150 valence electrons. The van der Waals surface area contributed by atoms with E-state index in [-0.39, 0.29) is 17.5 Å². The number of hydrogen-bond donors (Lipinski definition) is 3. The Hall–Kier alpha value is -3.12. The van der Waals surface area contributed by atoms with Crippen LogP contribution in [0.15, 0.2) is 58.1 Å². The lowest BCUT2D eigenvalue weighted by molar-refractivity contribution is -0.690. The first-order valence-corrected chi connectivity index (χ1v) is 10.2. The highest BCUT2D eigenvalue weighted by Gasteiger charge is 2.31. The normalized spacial score (nSPS) is 15.8. The van der Waals surface area contributed by atoms with Crippen LogP contribution in [0.4, 0.5) is 0 Å². The predicted molar refractivity (Wildman–Crippen MR) is 112 cm³/mol. The Morgan fingerprint density at radius 3 is 2.66 bits per heavy atom. The smallest absolute Gasteiger partial charge is 0.335 e. The first-order chi connectivity index (χ1) is 14.1. The molecule has 2 aromatic carbocycles. The van der Waals surface area contributed by atoms with Crippen LogP contribution in [0, 0.1) is 0 Å². The van der Waals surface area contributed by atoms with Gasteiger partial charge in [-0.2, -0.15) is 0 Å². The SMILES string of the molecule is CCCCc1ccc(-n2c(O)c([C@H]3[NH2+]CCc4ccccc43)c(=O)[nH]c2=O)cc1. The van der Waals surface area contributed by atoms with Crippen LogP contribution in [0.25, 0.3) is 5.69 Å². The van der Waals surface area contributed by atoms with Crippen LogP contribution < -0.4 is 16.6 Å². The minimum Gasteiger partial charge on any atom is -0.494 e. The van der Waals surface area contributed by atoms with Crippen LogP contribution in [0.5, 0.6) is 5.88 Å². The zero-order valence-electron chi connectivity index (χ0n) is 16.5. The first-order valence-electron chi connectivity index (χ1n) is 10.2. The number of aromatic amines is 1. The van der Waals surface area contributed by atoms with Crippen molar-refractivity contribution in [2.24, 2.45) is 0 Å². The summed E-state index contributed by atoms with van der Waals surface area (Å²) in [6.07, 6.45) is 4.10. The third kappa shape index (κ3) is 3.63. The summed E-state index contributed by atoms with van der Waals surface area (Å²) in [5.41, 5.74) is 2.92. The molecule has 0 fully saturated rings. The number of aromatic nitrogens is 2. The van der Waals surface area contributed by atoms with Crippen molar-refractivity contribution in [3.8, 4) is 11.6 Å². The molecule has 0 spiro atoms. The van der Waals surface area contributed by atoms with E-state index in [1.165, 1.54) is 10.1 Å². The van der Waals surface area contributed by atoms with Crippen LogP contribution in [0.1, 0.15) is 48.1 Å². The Balaban J connectivity index is 1.81. The molecule has 1 aromatic heterocycles. The molecule has 0 unspecified atom stereocenters. The van der Waals surface area contributed by atoms with E-state index in [0.29, 0.717) is 5.69 Å². The predicted octanol–water partition coefficient (Wildman–Crippen LogP) is 1.78. The van der Waals surface area contributed by atoms with Gasteiger partial charge in [0.1, 0.15) is 11.6 Å². The number of nitrogens with two attached hydrogens (primary N) is 1. The van der Waals surface area contributed by atoms with E-state index in [0.717, 1.165) is 43.4 Å². The monoisotopic (exact) mass is 392 g/mol. The second-order valence-electron chi connectivity index (χ2n) is 7.55. The van der Waals surface area contributed by atoms with Gasteiger partial charge in [0.2, 0.25) is 5.88 Å². The van der Waals surface area contributed by atoms with Crippen LogP contribution >= 0.6 is 0 Å². The zero-order chi connectivity index (χ0) is 20.4. The second-order valence-corrected chi connectivity index (χ2v) is 7.55. The van der Waals surface area contributed by atoms with Gasteiger partial charge in [-0.25, -0.2) is 9.36 Å². The fourth-order valence-corrected chi connectivity index (χ4v) is 4.12. The standard InChI is InChI=1S/C23H25N3O3/c1-2-3-6-15-9-11-17(12-10-15)26-22(28)19(21(27)25-23(26)29)20-18-8-5-4-7-16(18)13-14-24-20/h4-5,7-12,20,24,28H,2-3,6,13-14H2,1H3,(H,25,27,29)/p+1/t20-/m0/s1. The average molecular weight is 392 g/mol. The molecule has 29 heavy (non-hydrogen) atoms. The molecule has 4 N–H and O–H groups in total. The van der Waals surface area contributed by atoms with E-state index in [9.17, 15) is 14.7 Å². The van der Waals surface area contributed by atoms with Crippen molar-refractivity contribution in [1.29, 1.82) is 0 Å². The topological polar surface area (TPSA) is 91.7 Å². The Bertz CT molecular complexity index is 1130. The van der Waals surface area contributed by atoms with Crippen molar-refractivity contribution in [3.63, 3.8) is 0 Å². The molecule has 0 bridgehead atoms. The van der Waals surface area contributed by atoms with Crippen LogP contribution in [-0.2, 0) is 12.8 Å². The summed E-state index contributed by atoms with van der Waals surface area (Å²) in [6.45, 7) is 2.96. The molecular formula is C23H26N3O3+. The van der Waals surface area contributed by atoms with Crippen LogP contribution in [0.3, 0.4) is 0 Å². The van der Waals surface area contributed by atoms with Gasteiger partial charge in [0.05, 0.1) is 12.2 Å². The number of aromatic hydroxyl groups is 1. The summed E-state index contributed by atoms with van der Waals surface area (Å²) in [7, 11) is 0. The molecule has 0 amide bonds. The third-order valence-corrected chi connectivity index (χ3v) is 5.65. The largest absolute Gasteiger partial charge is 0.494 e. The van der Waals surface area contributed by atoms with Gasteiger partial charge in [-0.1, -0.05) is 49.7 Å². The van der Waals surface area contributed by atoms with E-state index < -0.39 is 11.2 Å². The van der Waals surface area contributed by atoms with Gasteiger partial charge in [-0.3, -0.25) is 9.78 Å². The molecule has 2 heterocycles. The highest BCUT2D eigenvalue weighted by atomic mass is 16.3. The Labute approximate surface area is 168 Å². The number of aryl methyl sites for hydroxylation is 1. The molecule has 0 aliphatic carbocycles. The van der Waals surface area contributed by atoms with Gasteiger partial charge in [0.25, 0.3) is 5.56 Å². The lowest BCUT2D eigenvalue weighted by Gasteiger charge is -2.24. The Kier molecular flexibility index (Phi) is 5.36. The fourth-order valence-electron chi connectivity index (χ4n) is 4.12. The van der Waals surface area contributed by atoms with Crippen molar-refractivity contribution >= 4 is 0 Å². The summed E-state index contributed by atoms with van der Waals surface area (Å²) in [5.74, 6) is -0.294. The lowest BCUT2D eigenvalue weighted by atomic mass is 9.90. The highest BCUT2D eigenvalue weighted by molar-refractivity contribution is 5.44. The number of fused-ring (bicyclic) bond motifs is 1. The number of nitrogens with one attached hydrogen (secondary N) is 1. The fraction of sp³-hybridized carbons (Fsp3) is 0.304. The quantitative estimate of drug-likeness (QED) is 0.618. The van der Waals surface area contributed by atoms with Gasteiger partial charge in [0.15, 0.2) is 0 Å². The Morgan fingerprint density at radius 2 is 1.90 bits per heavy atom. The summed E-state index contributed by atoms with van der Waals surface area (Å²) in [5, 5.41) is 13.1. The third-order valence-electron chi connectivity index (χ3n) is 5.65. The number of rotatable bonds is 5. The molecule has 0 saturated carbocycles. The number of H-pyrrole nitrogens is 1. The second kappa shape index (κ2) is 8.09. The molecule has 1 atom stereocenters. The van der Waals surface area contributed by atoms with E-state index in [1.807, 2.05) is 53.8 Å². The Morgan fingerprint density at radius 1 is 1.14 bits per heavy atom. The van der Waals surface area contributed by atoms with Crippen molar-refractivity contribution in [3.05, 3.63) is 91.6 Å². The molecule has 0 saturated heterocycles. The number of hydrogen-bond acceptors (Lipinski definition) is 3. The maximum atomic E-state index is 12.7. The average Bonchev–Trinajstić information content (AvgIpc) is 2.73. The summed E-state index contributed by atoms with van der Waals surface area (Å²) in [4.78, 5) is 27.6. The van der Waals surface area contributed by atoms with Gasteiger partial charge < -0.3 is 10.4 Å². The molecule has 1 aliphatic rings. The van der Waals surface area contributed by atoms with Crippen LogP contribution in [-0.4, -0.2) is 21.2 Å². The maximum absolute atomic E-state index is 12.7. The van der Waals surface area contributed by atoms with E-state index >= 15 is 0 Å². The molecule has 1 aliphatic heterocycles. The van der Waals surface area contributed by atoms with Crippen molar-refractivity contribution < 1.29 is 10.4 Å². The van der Waals surface area contributed by atoms with Crippen molar-refractivity contribution in [2.45, 2.75) is 38.6 Å². The maximum Gasteiger partial charge on any atom is 0.335 e. The summed E-state index contributed by atoms with van der Waals surface area (Å²) >= 11 is 0. The minimum absolute atomic E-state index is 0.215. The molecular weight excluding hydrogens is 366 g/mol. The molecule has 4 rings (SSSR count). The number of quaternary nitrogens is 1. The molecule has 0 radical (unpaired) electrons. The zero-order valence-corrected chi connectivity index (χ0v) is 16.5. The first kappa shape index (κ1) is 19.2. The van der Waals surface area contributed by atoms with Gasteiger partial charge in [0, 0.05) is 12.0 Å². The molecule has 6 nitrogen and oxygen atoms in total. The summed E-state index contributed by atoms with van der Waals surface area (Å²) < 4.78 is 1.19. The van der Waals surface area contributed by atoms with Crippen molar-refractivity contribution in [2.75, 3.05) is 6.54 Å². The molecule has 6 heteroatoms. The number of unbranched alkanes of at least 4 members (excludes halogenated alkanes) is 1. The van der Waals surface area contributed by atoms with Gasteiger partial charge in [-0.05, 0) is 36.1 Å². The van der Waals surface area contributed by atoms with E-state index in [2.05, 4.69) is 11.9 Å². The van der Waals surface area contributed by atoms with Gasteiger partial charge >= 0.3 is 5.69 Å². The molecule has 3 aromatic rings. The van der Waals surface area contributed by atoms with Crippen molar-refractivity contribution in [1.82, 2.24) is 9.55 Å². The van der Waals surface area contributed by atoms with Gasteiger partial charge in [-0.15, -0.1) is 0 Å². The highest BCUT2D eigenvalue weighted by Crippen LogP contribution is 2.28. The van der Waals surface area contributed by atoms with E-state index in [1.54, 1.807) is 0 Å². The summed E-state index contributed by atoms with van der Waals surface area (Å²) in [6, 6.07) is 15.1. The van der Waals surface area contributed by atoms with E-state index in [4.69, 9.17) is 0 Å². The van der Waals surface area contributed by atoms with Crippen LogP contribution in [0.2, 0.25) is 0 Å².